The number of hydrogen-bond acceptors (Lipinski definition) is 2. The van der Waals surface area contributed by atoms with Crippen LogP contribution < -0.4 is 5.32 Å². The van der Waals surface area contributed by atoms with Crippen molar-refractivity contribution in [1.82, 2.24) is 15.5 Å². The number of rotatable bonds is 6. The molecule has 0 aliphatic rings. The number of aromatic amines is 1. The van der Waals surface area contributed by atoms with Crippen molar-refractivity contribution in [1.29, 1.82) is 0 Å². The van der Waals surface area contributed by atoms with Crippen LogP contribution in [0.2, 0.25) is 0 Å². The van der Waals surface area contributed by atoms with E-state index in [1.54, 1.807) is 0 Å². The summed E-state index contributed by atoms with van der Waals surface area (Å²) < 4.78 is 0. The van der Waals surface area contributed by atoms with Gasteiger partial charge in [0.25, 0.3) is 0 Å². The zero-order valence-corrected chi connectivity index (χ0v) is 13.0. The summed E-state index contributed by atoms with van der Waals surface area (Å²) >= 11 is 0. The van der Waals surface area contributed by atoms with Gasteiger partial charge in [-0.1, -0.05) is 12.1 Å². The molecule has 0 spiro atoms. The molecule has 108 valence electrons. The first-order chi connectivity index (χ1) is 9.58. The van der Waals surface area contributed by atoms with Crippen molar-refractivity contribution in [2.45, 2.75) is 47.1 Å². The molecule has 2 rings (SSSR count). The van der Waals surface area contributed by atoms with Gasteiger partial charge in [-0.2, -0.15) is 5.10 Å². The molecule has 3 heteroatoms. The molecule has 2 N–H and O–H groups in total. The van der Waals surface area contributed by atoms with Crippen molar-refractivity contribution in [2.75, 3.05) is 6.54 Å². The highest BCUT2D eigenvalue weighted by Gasteiger charge is 2.02. The van der Waals surface area contributed by atoms with Crippen LogP contribution in [0.25, 0.3) is 0 Å². The molecule has 0 saturated carbocycles. The summed E-state index contributed by atoms with van der Waals surface area (Å²) in [5.41, 5.74) is 8.06. The Labute approximate surface area is 121 Å². The molecule has 0 aliphatic carbocycles. The SMILES string of the molecule is Cc1cc(C)c(CNCCCc2cn[nH]c2C)cc1C. The third kappa shape index (κ3) is 3.70. The van der Waals surface area contributed by atoms with Gasteiger partial charge in [0, 0.05) is 12.2 Å². The second kappa shape index (κ2) is 6.71. The Morgan fingerprint density at radius 2 is 1.75 bits per heavy atom. The van der Waals surface area contributed by atoms with Crippen LogP contribution in [0.3, 0.4) is 0 Å². The molecule has 2 aromatic rings. The minimum Gasteiger partial charge on any atom is -0.313 e. The first-order valence-corrected chi connectivity index (χ1v) is 7.34. The van der Waals surface area contributed by atoms with Crippen LogP contribution in [0.4, 0.5) is 0 Å². The Hall–Kier alpha value is -1.61. The van der Waals surface area contributed by atoms with E-state index in [0.29, 0.717) is 0 Å². The minimum absolute atomic E-state index is 0.956. The van der Waals surface area contributed by atoms with Gasteiger partial charge in [-0.25, -0.2) is 0 Å². The molecule has 0 fully saturated rings. The average molecular weight is 271 g/mol. The Kier molecular flexibility index (Phi) is 4.96. The predicted molar refractivity (Wildman–Crippen MR) is 84.0 cm³/mol. The van der Waals surface area contributed by atoms with E-state index < -0.39 is 0 Å². The van der Waals surface area contributed by atoms with E-state index >= 15 is 0 Å². The fraction of sp³-hybridized carbons (Fsp3) is 0.471. The van der Waals surface area contributed by atoms with E-state index in [0.717, 1.165) is 25.9 Å². The lowest BCUT2D eigenvalue weighted by molar-refractivity contribution is 0.646. The molecule has 3 nitrogen and oxygen atoms in total. The monoisotopic (exact) mass is 271 g/mol. The van der Waals surface area contributed by atoms with E-state index in [4.69, 9.17) is 0 Å². The van der Waals surface area contributed by atoms with Gasteiger partial charge in [0.1, 0.15) is 0 Å². The number of hydrogen-bond donors (Lipinski definition) is 2. The van der Waals surface area contributed by atoms with Gasteiger partial charge in [-0.05, 0) is 74.9 Å². The number of nitrogens with zero attached hydrogens (tertiary/aromatic N) is 1. The molecular weight excluding hydrogens is 246 g/mol. The molecule has 0 unspecified atom stereocenters. The van der Waals surface area contributed by atoms with Gasteiger partial charge in [-0.15, -0.1) is 0 Å². The van der Waals surface area contributed by atoms with E-state index in [1.165, 1.54) is 33.5 Å². The quantitative estimate of drug-likeness (QED) is 0.791. The fourth-order valence-corrected chi connectivity index (χ4v) is 2.47. The predicted octanol–water partition coefficient (Wildman–Crippen LogP) is 3.37. The van der Waals surface area contributed by atoms with Crippen molar-refractivity contribution in [3.05, 3.63) is 51.8 Å². The van der Waals surface area contributed by atoms with E-state index in [2.05, 4.69) is 55.3 Å². The lowest BCUT2D eigenvalue weighted by atomic mass is 10.0. The van der Waals surface area contributed by atoms with Gasteiger partial charge in [0.15, 0.2) is 0 Å². The number of H-pyrrole nitrogens is 1. The topological polar surface area (TPSA) is 40.7 Å². The first kappa shape index (κ1) is 14.8. The largest absolute Gasteiger partial charge is 0.313 e. The minimum atomic E-state index is 0.956. The maximum absolute atomic E-state index is 4.05. The van der Waals surface area contributed by atoms with Gasteiger partial charge >= 0.3 is 0 Å². The molecule has 1 aromatic carbocycles. The summed E-state index contributed by atoms with van der Waals surface area (Å²) in [4.78, 5) is 0. The molecule has 0 aliphatic heterocycles. The summed E-state index contributed by atoms with van der Waals surface area (Å²) in [5, 5.41) is 10.6. The molecule has 0 radical (unpaired) electrons. The molecular formula is C17H25N3. The molecule has 1 aromatic heterocycles. The van der Waals surface area contributed by atoms with Crippen molar-refractivity contribution < 1.29 is 0 Å². The van der Waals surface area contributed by atoms with Crippen LogP contribution in [0, 0.1) is 27.7 Å². The Morgan fingerprint density at radius 1 is 1.00 bits per heavy atom. The standard InChI is InChI=1S/C17H25N3/c1-12-8-14(3)17(9-13(12)2)10-18-7-5-6-16-11-19-20-15(16)4/h8-9,11,18H,5-7,10H2,1-4H3,(H,19,20). The first-order valence-electron chi connectivity index (χ1n) is 7.34. The van der Waals surface area contributed by atoms with E-state index in [9.17, 15) is 0 Å². The van der Waals surface area contributed by atoms with Crippen molar-refractivity contribution >= 4 is 0 Å². The third-order valence-corrected chi connectivity index (χ3v) is 4.00. The van der Waals surface area contributed by atoms with Crippen molar-refractivity contribution in [3.8, 4) is 0 Å². The van der Waals surface area contributed by atoms with Crippen molar-refractivity contribution in [3.63, 3.8) is 0 Å². The van der Waals surface area contributed by atoms with Crippen LogP contribution in [-0.2, 0) is 13.0 Å². The second-order valence-electron chi connectivity index (χ2n) is 5.66. The molecule has 0 saturated heterocycles. The fourth-order valence-electron chi connectivity index (χ4n) is 2.47. The highest BCUT2D eigenvalue weighted by Crippen LogP contribution is 2.15. The van der Waals surface area contributed by atoms with Gasteiger partial charge in [0.05, 0.1) is 6.20 Å². The zero-order chi connectivity index (χ0) is 14.5. The summed E-state index contributed by atoms with van der Waals surface area (Å²) in [6, 6.07) is 4.58. The highest BCUT2D eigenvalue weighted by atomic mass is 15.1. The maximum atomic E-state index is 4.05. The normalized spacial score (nSPS) is 11.0. The summed E-state index contributed by atoms with van der Waals surface area (Å²) in [6.45, 7) is 10.6. The van der Waals surface area contributed by atoms with Crippen LogP contribution in [0.1, 0.15) is 39.9 Å². The average Bonchev–Trinajstić information content (AvgIpc) is 2.80. The Bertz CT molecular complexity index is 570. The summed E-state index contributed by atoms with van der Waals surface area (Å²) in [5.74, 6) is 0. The summed E-state index contributed by atoms with van der Waals surface area (Å²) in [7, 11) is 0. The molecule has 20 heavy (non-hydrogen) atoms. The van der Waals surface area contributed by atoms with Gasteiger partial charge in [-0.3, -0.25) is 5.10 Å². The summed E-state index contributed by atoms with van der Waals surface area (Å²) in [6.07, 6.45) is 4.16. The lowest BCUT2D eigenvalue weighted by Crippen LogP contribution is -2.16. The highest BCUT2D eigenvalue weighted by molar-refractivity contribution is 5.36. The van der Waals surface area contributed by atoms with Crippen LogP contribution >= 0.6 is 0 Å². The number of aromatic nitrogens is 2. The Balaban J connectivity index is 1.76. The third-order valence-electron chi connectivity index (χ3n) is 4.00. The van der Waals surface area contributed by atoms with Crippen LogP contribution in [0.15, 0.2) is 18.3 Å². The van der Waals surface area contributed by atoms with Gasteiger partial charge < -0.3 is 5.32 Å². The van der Waals surface area contributed by atoms with Crippen LogP contribution in [-0.4, -0.2) is 16.7 Å². The molecule has 0 bridgehead atoms. The zero-order valence-electron chi connectivity index (χ0n) is 13.0. The number of nitrogens with one attached hydrogen (secondary N) is 2. The van der Waals surface area contributed by atoms with Crippen molar-refractivity contribution in [2.24, 2.45) is 0 Å². The smallest absolute Gasteiger partial charge is 0.0522 e. The second-order valence-corrected chi connectivity index (χ2v) is 5.66. The molecule has 0 amide bonds. The van der Waals surface area contributed by atoms with E-state index in [1.807, 2.05) is 6.20 Å². The van der Waals surface area contributed by atoms with E-state index in [-0.39, 0.29) is 0 Å². The molecule has 0 atom stereocenters. The van der Waals surface area contributed by atoms with Crippen LogP contribution in [0.5, 0.6) is 0 Å². The number of benzene rings is 1. The number of aryl methyl sites for hydroxylation is 5. The molecule has 1 heterocycles. The maximum Gasteiger partial charge on any atom is 0.0522 e. The van der Waals surface area contributed by atoms with Gasteiger partial charge in [0.2, 0.25) is 0 Å². The Morgan fingerprint density at radius 3 is 2.45 bits per heavy atom. The lowest BCUT2D eigenvalue weighted by Gasteiger charge is -2.11.